The standard InChI is InChI=1S/C12H16N6O3/c1-17(2)12(19)21-11-15-9(13)8-10(16-11)18(6-14-8)7-4-3-5-20-7/h6-7H,3-5H2,1-2H3,(H2,13,15,16). The lowest BCUT2D eigenvalue weighted by molar-refractivity contribution is 0.0592. The van der Waals surface area contributed by atoms with Crippen LogP contribution in [0.4, 0.5) is 10.6 Å². The molecule has 1 aliphatic rings. The molecule has 9 heteroatoms. The smallest absolute Gasteiger partial charge is 0.382 e. The number of nitrogens with two attached hydrogens (primary N) is 1. The molecule has 2 aromatic heterocycles. The number of nitrogen functional groups attached to an aromatic ring is 1. The first kappa shape index (κ1) is 13.6. The topological polar surface area (TPSA) is 108 Å². The molecule has 1 saturated heterocycles. The summed E-state index contributed by atoms with van der Waals surface area (Å²) in [6.07, 6.45) is 2.78. The van der Waals surface area contributed by atoms with Crippen LogP contribution in [0.5, 0.6) is 6.01 Å². The first-order valence-corrected chi connectivity index (χ1v) is 6.57. The molecule has 112 valence electrons. The number of carbonyl (C=O) groups excluding carboxylic acids is 1. The monoisotopic (exact) mass is 292 g/mol. The first-order valence-electron chi connectivity index (χ1n) is 6.57. The fourth-order valence-electron chi connectivity index (χ4n) is 2.12. The van der Waals surface area contributed by atoms with Crippen molar-refractivity contribution in [3.63, 3.8) is 0 Å². The van der Waals surface area contributed by atoms with Gasteiger partial charge in [-0.05, 0) is 12.8 Å². The van der Waals surface area contributed by atoms with Crippen molar-refractivity contribution < 1.29 is 14.3 Å². The van der Waals surface area contributed by atoms with Crippen molar-refractivity contribution in [3.05, 3.63) is 6.33 Å². The highest BCUT2D eigenvalue weighted by molar-refractivity contribution is 5.82. The number of carbonyl (C=O) groups is 1. The van der Waals surface area contributed by atoms with E-state index in [1.165, 1.54) is 4.90 Å². The zero-order valence-corrected chi connectivity index (χ0v) is 11.8. The summed E-state index contributed by atoms with van der Waals surface area (Å²) >= 11 is 0. The lowest BCUT2D eigenvalue weighted by Gasteiger charge is -2.12. The number of hydrogen-bond donors (Lipinski definition) is 1. The van der Waals surface area contributed by atoms with Crippen molar-refractivity contribution in [2.45, 2.75) is 19.1 Å². The Kier molecular flexibility index (Phi) is 3.34. The second-order valence-corrected chi connectivity index (χ2v) is 4.95. The molecule has 2 N–H and O–H groups in total. The van der Waals surface area contributed by atoms with E-state index in [4.69, 9.17) is 15.2 Å². The Morgan fingerprint density at radius 2 is 2.33 bits per heavy atom. The van der Waals surface area contributed by atoms with E-state index < -0.39 is 6.09 Å². The summed E-state index contributed by atoms with van der Waals surface area (Å²) in [6.45, 7) is 0.702. The fraction of sp³-hybridized carbons (Fsp3) is 0.500. The van der Waals surface area contributed by atoms with Crippen LogP contribution in [0.1, 0.15) is 19.1 Å². The van der Waals surface area contributed by atoms with Gasteiger partial charge in [-0.15, -0.1) is 0 Å². The normalized spacial score (nSPS) is 18.1. The van der Waals surface area contributed by atoms with Crippen LogP contribution >= 0.6 is 0 Å². The second kappa shape index (κ2) is 5.17. The lowest BCUT2D eigenvalue weighted by atomic mass is 10.3. The molecule has 2 aromatic rings. The van der Waals surface area contributed by atoms with Gasteiger partial charge in [0.05, 0.1) is 6.33 Å². The molecule has 0 bridgehead atoms. The molecule has 0 spiro atoms. The number of anilines is 1. The average molecular weight is 292 g/mol. The van der Waals surface area contributed by atoms with Crippen LogP contribution in [0.15, 0.2) is 6.33 Å². The summed E-state index contributed by atoms with van der Waals surface area (Å²) in [5.41, 5.74) is 6.81. The minimum absolute atomic E-state index is 0.0987. The molecule has 1 fully saturated rings. The minimum Gasteiger partial charge on any atom is -0.382 e. The number of imidazole rings is 1. The van der Waals surface area contributed by atoms with E-state index in [0.717, 1.165) is 12.8 Å². The van der Waals surface area contributed by atoms with Gasteiger partial charge in [0.25, 0.3) is 0 Å². The highest BCUT2D eigenvalue weighted by Crippen LogP contribution is 2.28. The number of hydrogen-bond acceptors (Lipinski definition) is 7. The molecule has 0 radical (unpaired) electrons. The van der Waals surface area contributed by atoms with Crippen LogP contribution in [-0.2, 0) is 4.74 Å². The summed E-state index contributed by atoms with van der Waals surface area (Å²) in [4.78, 5) is 25.2. The van der Waals surface area contributed by atoms with E-state index >= 15 is 0 Å². The summed E-state index contributed by atoms with van der Waals surface area (Å²) in [6, 6.07) is -0.0987. The summed E-state index contributed by atoms with van der Waals surface area (Å²) in [7, 11) is 3.14. The van der Waals surface area contributed by atoms with Gasteiger partial charge in [0.1, 0.15) is 6.23 Å². The molecular formula is C12H16N6O3. The van der Waals surface area contributed by atoms with Crippen LogP contribution in [0.2, 0.25) is 0 Å². The number of ether oxygens (including phenoxy) is 2. The molecule has 3 heterocycles. The molecule has 21 heavy (non-hydrogen) atoms. The Bertz CT molecular complexity index is 677. The number of nitrogens with zero attached hydrogens (tertiary/aromatic N) is 5. The van der Waals surface area contributed by atoms with Gasteiger partial charge in [-0.25, -0.2) is 9.78 Å². The third kappa shape index (κ3) is 2.47. The molecule has 1 amide bonds. The van der Waals surface area contributed by atoms with Crippen LogP contribution in [0.25, 0.3) is 11.2 Å². The third-order valence-electron chi connectivity index (χ3n) is 3.19. The van der Waals surface area contributed by atoms with E-state index in [2.05, 4.69) is 15.0 Å². The van der Waals surface area contributed by atoms with Crippen molar-refractivity contribution in [2.75, 3.05) is 26.4 Å². The number of aromatic nitrogens is 4. The van der Waals surface area contributed by atoms with E-state index in [1.807, 2.05) is 0 Å². The van der Waals surface area contributed by atoms with E-state index in [1.54, 1.807) is 25.0 Å². The fourth-order valence-corrected chi connectivity index (χ4v) is 2.12. The maximum atomic E-state index is 11.6. The summed E-state index contributed by atoms with van der Waals surface area (Å²) in [5.74, 6) is 0.165. The van der Waals surface area contributed by atoms with Crippen molar-refractivity contribution in [1.82, 2.24) is 24.4 Å². The second-order valence-electron chi connectivity index (χ2n) is 4.95. The van der Waals surface area contributed by atoms with Crippen molar-refractivity contribution in [1.29, 1.82) is 0 Å². The quantitative estimate of drug-likeness (QED) is 0.871. The molecule has 1 atom stereocenters. The van der Waals surface area contributed by atoms with Gasteiger partial charge in [0, 0.05) is 20.7 Å². The van der Waals surface area contributed by atoms with Crippen molar-refractivity contribution in [3.8, 4) is 6.01 Å². The number of amides is 1. The van der Waals surface area contributed by atoms with Gasteiger partial charge in [-0.3, -0.25) is 4.57 Å². The van der Waals surface area contributed by atoms with Gasteiger partial charge in [0.15, 0.2) is 17.0 Å². The van der Waals surface area contributed by atoms with E-state index in [0.29, 0.717) is 17.8 Å². The zero-order valence-electron chi connectivity index (χ0n) is 11.8. The molecule has 0 saturated carbocycles. The highest BCUT2D eigenvalue weighted by Gasteiger charge is 2.22. The van der Waals surface area contributed by atoms with Crippen LogP contribution < -0.4 is 10.5 Å². The van der Waals surface area contributed by atoms with Crippen LogP contribution in [-0.4, -0.2) is 51.2 Å². The Morgan fingerprint density at radius 3 is 3.00 bits per heavy atom. The van der Waals surface area contributed by atoms with Gasteiger partial charge in [-0.1, -0.05) is 0 Å². The van der Waals surface area contributed by atoms with Crippen molar-refractivity contribution >= 4 is 23.1 Å². The van der Waals surface area contributed by atoms with Crippen LogP contribution in [0, 0.1) is 0 Å². The summed E-state index contributed by atoms with van der Waals surface area (Å²) in [5, 5.41) is 0. The number of rotatable bonds is 2. The Labute approximate surface area is 120 Å². The Morgan fingerprint density at radius 1 is 1.52 bits per heavy atom. The molecule has 1 unspecified atom stereocenters. The predicted octanol–water partition coefficient (Wildman–Crippen LogP) is 0.778. The Balaban J connectivity index is 2.00. The molecule has 3 rings (SSSR count). The molecular weight excluding hydrogens is 276 g/mol. The molecule has 1 aliphatic heterocycles. The van der Waals surface area contributed by atoms with Gasteiger partial charge in [0.2, 0.25) is 0 Å². The maximum Gasteiger partial charge on any atom is 0.417 e. The Hall–Kier alpha value is -2.42. The third-order valence-corrected chi connectivity index (χ3v) is 3.19. The van der Waals surface area contributed by atoms with E-state index in [9.17, 15) is 4.79 Å². The number of fused-ring (bicyclic) bond motifs is 1. The minimum atomic E-state index is -0.572. The SMILES string of the molecule is CN(C)C(=O)Oc1nc(N)c2ncn(C3CCCO3)c2n1. The van der Waals surface area contributed by atoms with Gasteiger partial charge in [-0.2, -0.15) is 9.97 Å². The first-order chi connectivity index (χ1) is 10.1. The van der Waals surface area contributed by atoms with Gasteiger partial charge >= 0.3 is 12.1 Å². The lowest BCUT2D eigenvalue weighted by Crippen LogP contribution is -2.26. The molecule has 9 nitrogen and oxygen atoms in total. The maximum absolute atomic E-state index is 11.6. The van der Waals surface area contributed by atoms with Crippen LogP contribution in [0.3, 0.4) is 0 Å². The molecule has 0 aromatic carbocycles. The predicted molar refractivity (Wildman–Crippen MR) is 73.7 cm³/mol. The average Bonchev–Trinajstić information content (AvgIpc) is 3.06. The van der Waals surface area contributed by atoms with Gasteiger partial charge < -0.3 is 20.1 Å². The van der Waals surface area contributed by atoms with Crippen molar-refractivity contribution in [2.24, 2.45) is 0 Å². The summed E-state index contributed by atoms with van der Waals surface area (Å²) < 4.78 is 12.4. The highest BCUT2D eigenvalue weighted by atomic mass is 16.6. The largest absolute Gasteiger partial charge is 0.417 e. The van der Waals surface area contributed by atoms with E-state index in [-0.39, 0.29) is 18.1 Å². The zero-order chi connectivity index (χ0) is 15.0. The molecule has 0 aliphatic carbocycles.